The van der Waals surface area contributed by atoms with Gasteiger partial charge in [-0.15, -0.1) is 0 Å². The first kappa shape index (κ1) is 21.8. The number of rotatable bonds is 5. The van der Waals surface area contributed by atoms with Gasteiger partial charge in [0, 0.05) is 46.7 Å². The molecule has 5 aromatic rings. The second kappa shape index (κ2) is 8.87. The minimum Gasteiger partial charge on any atom is -0.339 e. The fraction of sp³-hybridized carbons (Fsp3) is 0.357. The summed E-state index contributed by atoms with van der Waals surface area (Å²) in [5.41, 5.74) is 5.47. The van der Waals surface area contributed by atoms with E-state index in [1.54, 1.807) is 12.3 Å². The van der Waals surface area contributed by atoms with Crippen LogP contribution in [-0.4, -0.2) is 44.1 Å². The standard InChI is InChI=1S/C28H28FN7/c29-17-4-5-19-22(12-17)34-28-25(19)20(8-11-32-28)27-35-23-14-31-13-21(16-2-1-3-16)26(23)24(36-27)15-33-18-6-9-30-10-7-18/h4-5,8,11-14,16,18,30,33H,1-3,6-7,9-10,15H2,(H,32,34). The summed E-state index contributed by atoms with van der Waals surface area (Å²) in [5.74, 6) is 0.901. The molecule has 1 saturated heterocycles. The molecule has 0 unspecified atom stereocenters. The van der Waals surface area contributed by atoms with Crippen LogP contribution in [0.25, 0.3) is 44.2 Å². The van der Waals surface area contributed by atoms with Gasteiger partial charge in [-0.25, -0.2) is 19.3 Å². The second-order valence-electron chi connectivity index (χ2n) is 10.0. The minimum atomic E-state index is -0.279. The van der Waals surface area contributed by atoms with E-state index in [0.717, 1.165) is 58.9 Å². The molecule has 36 heavy (non-hydrogen) atoms. The highest BCUT2D eigenvalue weighted by Crippen LogP contribution is 2.40. The van der Waals surface area contributed by atoms with E-state index in [1.165, 1.54) is 37.0 Å². The molecule has 0 spiro atoms. The number of nitrogens with one attached hydrogen (secondary N) is 3. The molecule has 3 N–H and O–H groups in total. The van der Waals surface area contributed by atoms with Gasteiger partial charge in [-0.2, -0.15) is 0 Å². The van der Waals surface area contributed by atoms with Crippen molar-refractivity contribution in [3.63, 3.8) is 0 Å². The number of hydrogen-bond acceptors (Lipinski definition) is 6. The Labute approximate surface area is 208 Å². The summed E-state index contributed by atoms with van der Waals surface area (Å²) >= 11 is 0. The quantitative estimate of drug-likeness (QED) is 0.328. The molecule has 1 saturated carbocycles. The lowest BCUT2D eigenvalue weighted by atomic mass is 9.79. The lowest BCUT2D eigenvalue weighted by Crippen LogP contribution is -2.39. The van der Waals surface area contributed by atoms with Crippen molar-refractivity contribution in [2.75, 3.05) is 13.1 Å². The first-order valence-corrected chi connectivity index (χ1v) is 12.9. The van der Waals surface area contributed by atoms with Crippen LogP contribution in [0.4, 0.5) is 4.39 Å². The van der Waals surface area contributed by atoms with E-state index < -0.39 is 0 Å². The molecule has 0 radical (unpaired) electrons. The highest BCUT2D eigenvalue weighted by molar-refractivity contribution is 6.12. The van der Waals surface area contributed by atoms with Crippen LogP contribution in [0.1, 0.15) is 49.3 Å². The van der Waals surface area contributed by atoms with Crippen molar-refractivity contribution in [2.45, 2.75) is 50.6 Å². The van der Waals surface area contributed by atoms with E-state index in [-0.39, 0.29) is 5.82 Å². The van der Waals surface area contributed by atoms with Gasteiger partial charge in [0.15, 0.2) is 5.82 Å². The second-order valence-corrected chi connectivity index (χ2v) is 10.0. The zero-order valence-electron chi connectivity index (χ0n) is 20.0. The van der Waals surface area contributed by atoms with Crippen LogP contribution >= 0.6 is 0 Å². The van der Waals surface area contributed by atoms with E-state index in [1.807, 2.05) is 18.5 Å². The van der Waals surface area contributed by atoms with Gasteiger partial charge < -0.3 is 15.6 Å². The summed E-state index contributed by atoms with van der Waals surface area (Å²) < 4.78 is 13.9. The molecule has 2 aliphatic rings. The number of H-pyrrole nitrogens is 1. The van der Waals surface area contributed by atoms with Gasteiger partial charge in [0.25, 0.3) is 0 Å². The number of piperidine rings is 1. The van der Waals surface area contributed by atoms with Gasteiger partial charge in [0.05, 0.1) is 22.9 Å². The molecule has 7 nitrogen and oxygen atoms in total. The Bertz CT molecular complexity index is 1580. The third-order valence-corrected chi connectivity index (χ3v) is 7.85. The number of hydrogen-bond donors (Lipinski definition) is 3. The molecule has 4 aromatic heterocycles. The van der Waals surface area contributed by atoms with E-state index in [9.17, 15) is 4.39 Å². The van der Waals surface area contributed by atoms with Crippen molar-refractivity contribution in [3.05, 3.63) is 59.9 Å². The normalized spacial score (nSPS) is 17.2. The monoisotopic (exact) mass is 481 g/mol. The van der Waals surface area contributed by atoms with Gasteiger partial charge in [0.2, 0.25) is 0 Å². The number of fused-ring (bicyclic) bond motifs is 4. The van der Waals surface area contributed by atoms with Crippen LogP contribution < -0.4 is 10.6 Å². The van der Waals surface area contributed by atoms with Gasteiger partial charge in [-0.05, 0) is 74.5 Å². The number of pyridine rings is 2. The summed E-state index contributed by atoms with van der Waals surface area (Å²) in [7, 11) is 0. The average molecular weight is 482 g/mol. The van der Waals surface area contributed by atoms with Crippen LogP contribution in [0.3, 0.4) is 0 Å². The number of aromatic amines is 1. The maximum atomic E-state index is 13.9. The zero-order chi connectivity index (χ0) is 24.1. The molecule has 0 atom stereocenters. The average Bonchev–Trinajstić information content (AvgIpc) is 3.24. The Balaban J connectivity index is 1.40. The number of aromatic nitrogens is 5. The van der Waals surface area contributed by atoms with Crippen LogP contribution in [0.15, 0.2) is 42.9 Å². The lowest BCUT2D eigenvalue weighted by molar-refractivity contribution is 0.385. The Morgan fingerprint density at radius 1 is 1.00 bits per heavy atom. The van der Waals surface area contributed by atoms with Crippen molar-refractivity contribution >= 4 is 32.8 Å². The van der Waals surface area contributed by atoms with E-state index in [0.29, 0.717) is 35.5 Å². The highest BCUT2D eigenvalue weighted by atomic mass is 19.1. The molecule has 1 aliphatic heterocycles. The molecule has 0 amide bonds. The molecule has 7 rings (SSSR count). The zero-order valence-corrected chi connectivity index (χ0v) is 20.0. The molecular weight excluding hydrogens is 453 g/mol. The number of benzene rings is 1. The van der Waals surface area contributed by atoms with Crippen molar-refractivity contribution in [1.82, 2.24) is 35.6 Å². The fourth-order valence-electron chi connectivity index (χ4n) is 5.71. The lowest BCUT2D eigenvalue weighted by Gasteiger charge is -2.28. The number of nitrogens with zero attached hydrogens (tertiary/aromatic N) is 4. The predicted octanol–water partition coefficient (Wildman–Crippen LogP) is 4.97. The summed E-state index contributed by atoms with van der Waals surface area (Å²) in [4.78, 5) is 22.5. The molecule has 1 aromatic carbocycles. The fourth-order valence-corrected chi connectivity index (χ4v) is 5.71. The summed E-state index contributed by atoms with van der Waals surface area (Å²) in [5, 5.41) is 10.2. The highest BCUT2D eigenvalue weighted by Gasteiger charge is 2.25. The Hall–Kier alpha value is -3.49. The molecule has 2 fully saturated rings. The Morgan fingerprint density at radius 3 is 2.72 bits per heavy atom. The molecule has 1 aliphatic carbocycles. The third kappa shape index (κ3) is 3.72. The van der Waals surface area contributed by atoms with Crippen molar-refractivity contribution < 1.29 is 4.39 Å². The SMILES string of the molecule is Fc1ccc2c(c1)[nH]c1nccc(-c3nc(CNC4CCNCC4)c4c(C5CCC5)cncc4n3)c12. The first-order chi connectivity index (χ1) is 17.7. The van der Waals surface area contributed by atoms with Crippen LogP contribution in [0.5, 0.6) is 0 Å². The predicted molar refractivity (Wildman–Crippen MR) is 139 cm³/mol. The van der Waals surface area contributed by atoms with E-state index in [2.05, 4.69) is 25.6 Å². The van der Waals surface area contributed by atoms with E-state index in [4.69, 9.17) is 9.97 Å². The first-order valence-electron chi connectivity index (χ1n) is 12.9. The molecule has 0 bridgehead atoms. The Kier molecular flexibility index (Phi) is 5.36. The van der Waals surface area contributed by atoms with Crippen molar-refractivity contribution in [3.8, 4) is 11.4 Å². The maximum Gasteiger partial charge on any atom is 0.160 e. The largest absolute Gasteiger partial charge is 0.339 e. The number of halogens is 1. The molecule has 182 valence electrons. The van der Waals surface area contributed by atoms with Crippen LogP contribution in [0, 0.1) is 5.82 Å². The Morgan fingerprint density at radius 2 is 1.89 bits per heavy atom. The van der Waals surface area contributed by atoms with Gasteiger partial charge >= 0.3 is 0 Å². The maximum absolute atomic E-state index is 13.9. The minimum absolute atomic E-state index is 0.279. The summed E-state index contributed by atoms with van der Waals surface area (Å²) in [6, 6.07) is 7.21. The van der Waals surface area contributed by atoms with E-state index >= 15 is 0 Å². The van der Waals surface area contributed by atoms with Gasteiger partial charge in [0.1, 0.15) is 11.5 Å². The molecule has 8 heteroatoms. The van der Waals surface area contributed by atoms with Crippen molar-refractivity contribution in [1.29, 1.82) is 0 Å². The third-order valence-electron chi connectivity index (χ3n) is 7.85. The smallest absolute Gasteiger partial charge is 0.160 e. The van der Waals surface area contributed by atoms with Crippen LogP contribution in [0.2, 0.25) is 0 Å². The molecular formula is C28H28FN7. The topological polar surface area (TPSA) is 91.4 Å². The summed E-state index contributed by atoms with van der Waals surface area (Å²) in [6.45, 7) is 2.77. The van der Waals surface area contributed by atoms with Crippen LogP contribution in [-0.2, 0) is 6.54 Å². The van der Waals surface area contributed by atoms with Gasteiger partial charge in [-0.1, -0.05) is 6.42 Å². The molecule has 5 heterocycles. The van der Waals surface area contributed by atoms with Crippen molar-refractivity contribution in [2.24, 2.45) is 0 Å². The summed E-state index contributed by atoms with van der Waals surface area (Å²) in [6.07, 6.45) is 11.5. The van der Waals surface area contributed by atoms with Gasteiger partial charge in [-0.3, -0.25) is 4.98 Å².